The van der Waals surface area contributed by atoms with E-state index >= 15 is 0 Å². The fraction of sp³-hybridized carbons (Fsp3) is 0.300. The molecular formula is C20H23NO4. The van der Waals surface area contributed by atoms with E-state index in [-0.39, 0.29) is 17.9 Å². The third-order valence-electron chi connectivity index (χ3n) is 3.85. The van der Waals surface area contributed by atoms with Crippen LogP contribution in [0, 0.1) is 0 Å². The predicted octanol–water partition coefficient (Wildman–Crippen LogP) is 3.07. The first-order valence-electron chi connectivity index (χ1n) is 8.05. The lowest BCUT2D eigenvalue weighted by molar-refractivity contribution is -0.122. The van der Waals surface area contributed by atoms with Gasteiger partial charge in [0.2, 0.25) is 5.91 Å². The summed E-state index contributed by atoms with van der Waals surface area (Å²) in [5.41, 5.74) is 1.70. The molecule has 132 valence electrons. The molecule has 2 aromatic carbocycles. The van der Waals surface area contributed by atoms with E-state index in [1.807, 2.05) is 38.1 Å². The number of nitrogens with one attached hydrogen (secondary N) is 1. The molecule has 0 spiro atoms. The summed E-state index contributed by atoms with van der Waals surface area (Å²) in [6.07, 6.45) is 0.909. The molecule has 5 nitrogen and oxygen atoms in total. The Morgan fingerprint density at radius 1 is 1.00 bits per heavy atom. The average molecular weight is 341 g/mol. The molecule has 1 amide bonds. The van der Waals surface area contributed by atoms with Gasteiger partial charge in [-0.2, -0.15) is 0 Å². The molecule has 0 fully saturated rings. The van der Waals surface area contributed by atoms with Crippen molar-refractivity contribution in [3.05, 3.63) is 65.2 Å². The van der Waals surface area contributed by atoms with Gasteiger partial charge < -0.3 is 15.2 Å². The molecule has 0 aliphatic carbocycles. The van der Waals surface area contributed by atoms with Crippen molar-refractivity contribution >= 4 is 11.9 Å². The van der Waals surface area contributed by atoms with Crippen LogP contribution in [-0.2, 0) is 17.6 Å². The van der Waals surface area contributed by atoms with Crippen molar-refractivity contribution in [2.75, 3.05) is 7.11 Å². The lowest BCUT2D eigenvalue weighted by Gasteiger charge is -2.26. The molecule has 0 aliphatic rings. The Bertz CT molecular complexity index is 733. The van der Waals surface area contributed by atoms with Crippen LogP contribution < -0.4 is 10.1 Å². The second-order valence-corrected chi connectivity index (χ2v) is 6.64. The monoisotopic (exact) mass is 341 g/mol. The summed E-state index contributed by atoms with van der Waals surface area (Å²) in [6.45, 7) is 3.95. The molecule has 2 rings (SSSR count). The van der Waals surface area contributed by atoms with Crippen LogP contribution in [0.4, 0.5) is 0 Å². The zero-order chi connectivity index (χ0) is 18.4. The maximum atomic E-state index is 12.3. The van der Waals surface area contributed by atoms with Gasteiger partial charge in [-0.15, -0.1) is 0 Å². The second kappa shape index (κ2) is 7.83. The van der Waals surface area contributed by atoms with Gasteiger partial charge in [-0.3, -0.25) is 4.79 Å². The van der Waals surface area contributed by atoms with Crippen LogP contribution >= 0.6 is 0 Å². The molecule has 0 radical (unpaired) electrons. The largest absolute Gasteiger partial charge is 0.497 e. The quantitative estimate of drug-likeness (QED) is 0.811. The first-order valence-corrected chi connectivity index (χ1v) is 8.05. The van der Waals surface area contributed by atoms with Crippen LogP contribution in [0.25, 0.3) is 0 Å². The van der Waals surface area contributed by atoms with Crippen LogP contribution in [0.2, 0.25) is 0 Å². The number of carboxylic acids is 1. The molecule has 2 aromatic rings. The van der Waals surface area contributed by atoms with Crippen molar-refractivity contribution in [3.63, 3.8) is 0 Å². The van der Waals surface area contributed by atoms with Crippen LogP contribution in [-0.4, -0.2) is 29.6 Å². The lowest BCUT2D eigenvalue weighted by Crippen LogP contribution is -2.45. The molecule has 0 saturated carbocycles. The minimum absolute atomic E-state index is 0.0958. The van der Waals surface area contributed by atoms with Gasteiger partial charge in [-0.25, -0.2) is 4.79 Å². The number of hydrogen-bond donors (Lipinski definition) is 2. The van der Waals surface area contributed by atoms with Crippen LogP contribution in [0.15, 0.2) is 48.5 Å². The summed E-state index contributed by atoms with van der Waals surface area (Å²) in [6, 6.07) is 14.1. The van der Waals surface area contributed by atoms with E-state index in [0.29, 0.717) is 6.42 Å². The SMILES string of the molecule is COc1ccc(CC(C)(C)NC(=O)Cc2ccc(C(=O)O)cc2)cc1. The third kappa shape index (κ3) is 5.64. The molecule has 0 aliphatic heterocycles. The fourth-order valence-corrected chi connectivity index (χ4v) is 2.67. The molecule has 0 saturated heterocycles. The zero-order valence-electron chi connectivity index (χ0n) is 14.7. The van der Waals surface area contributed by atoms with Gasteiger partial charge in [0, 0.05) is 5.54 Å². The molecular weight excluding hydrogens is 318 g/mol. The van der Waals surface area contributed by atoms with Crippen molar-refractivity contribution in [3.8, 4) is 5.75 Å². The van der Waals surface area contributed by atoms with Gasteiger partial charge in [0.1, 0.15) is 5.75 Å². The van der Waals surface area contributed by atoms with E-state index in [9.17, 15) is 9.59 Å². The third-order valence-corrected chi connectivity index (χ3v) is 3.85. The minimum atomic E-state index is -0.975. The summed E-state index contributed by atoms with van der Waals surface area (Å²) in [5, 5.41) is 11.9. The molecule has 0 bridgehead atoms. The summed E-state index contributed by atoms with van der Waals surface area (Å²) >= 11 is 0. The van der Waals surface area contributed by atoms with E-state index < -0.39 is 11.5 Å². The molecule has 2 N–H and O–H groups in total. The number of hydrogen-bond acceptors (Lipinski definition) is 3. The van der Waals surface area contributed by atoms with Crippen molar-refractivity contribution in [2.45, 2.75) is 32.2 Å². The fourth-order valence-electron chi connectivity index (χ4n) is 2.67. The number of aromatic carboxylic acids is 1. The highest BCUT2D eigenvalue weighted by molar-refractivity contribution is 5.87. The van der Waals surface area contributed by atoms with E-state index in [0.717, 1.165) is 16.9 Å². The van der Waals surface area contributed by atoms with Gasteiger partial charge >= 0.3 is 5.97 Å². The van der Waals surface area contributed by atoms with E-state index in [1.54, 1.807) is 19.2 Å². The minimum Gasteiger partial charge on any atom is -0.497 e. The van der Waals surface area contributed by atoms with Crippen LogP contribution in [0.3, 0.4) is 0 Å². The molecule has 5 heteroatoms. The number of benzene rings is 2. The Labute approximate surface area is 147 Å². The van der Waals surface area contributed by atoms with E-state index in [1.165, 1.54) is 12.1 Å². The van der Waals surface area contributed by atoms with Gasteiger partial charge in [-0.05, 0) is 55.7 Å². The Kier molecular flexibility index (Phi) is 5.80. The Hall–Kier alpha value is -2.82. The highest BCUT2D eigenvalue weighted by atomic mass is 16.5. The highest BCUT2D eigenvalue weighted by Gasteiger charge is 2.21. The van der Waals surface area contributed by atoms with Crippen LogP contribution in [0.1, 0.15) is 35.3 Å². The zero-order valence-corrected chi connectivity index (χ0v) is 14.7. The molecule has 0 atom stereocenters. The summed E-state index contributed by atoms with van der Waals surface area (Å²) in [5.74, 6) is -0.270. The molecule has 0 heterocycles. The first-order chi connectivity index (χ1) is 11.8. The number of rotatable bonds is 7. The molecule has 0 unspecified atom stereocenters. The van der Waals surface area contributed by atoms with Crippen molar-refractivity contribution in [1.29, 1.82) is 0 Å². The number of carboxylic acid groups (broad SMARTS) is 1. The second-order valence-electron chi connectivity index (χ2n) is 6.64. The van der Waals surface area contributed by atoms with Gasteiger partial charge in [-0.1, -0.05) is 24.3 Å². The molecule has 25 heavy (non-hydrogen) atoms. The van der Waals surface area contributed by atoms with E-state index in [4.69, 9.17) is 9.84 Å². The maximum Gasteiger partial charge on any atom is 0.335 e. The number of amides is 1. The average Bonchev–Trinajstić information content (AvgIpc) is 2.55. The maximum absolute atomic E-state index is 12.3. The lowest BCUT2D eigenvalue weighted by atomic mass is 9.94. The van der Waals surface area contributed by atoms with Gasteiger partial charge in [0.15, 0.2) is 0 Å². The number of methoxy groups -OCH3 is 1. The van der Waals surface area contributed by atoms with Gasteiger partial charge in [0.05, 0.1) is 19.1 Å². The summed E-state index contributed by atoms with van der Waals surface area (Å²) in [4.78, 5) is 23.1. The van der Waals surface area contributed by atoms with Crippen molar-refractivity contribution in [1.82, 2.24) is 5.32 Å². The Balaban J connectivity index is 1.94. The van der Waals surface area contributed by atoms with Crippen LogP contribution in [0.5, 0.6) is 5.75 Å². The standard InChI is InChI=1S/C20H23NO4/c1-20(2,13-15-6-10-17(25-3)11-7-15)21-18(22)12-14-4-8-16(9-5-14)19(23)24/h4-11H,12-13H2,1-3H3,(H,21,22)(H,23,24). The molecule has 0 aromatic heterocycles. The summed E-state index contributed by atoms with van der Waals surface area (Å²) in [7, 11) is 1.63. The number of ether oxygens (including phenoxy) is 1. The highest BCUT2D eigenvalue weighted by Crippen LogP contribution is 2.17. The van der Waals surface area contributed by atoms with Crippen molar-refractivity contribution < 1.29 is 19.4 Å². The van der Waals surface area contributed by atoms with Crippen molar-refractivity contribution in [2.24, 2.45) is 0 Å². The summed E-state index contributed by atoms with van der Waals surface area (Å²) < 4.78 is 5.15. The predicted molar refractivity (Wildman–Crippen MR) is 96.0 cm³/mol. The van der Waals surface area contributed by atoms with Gasteiger partial charge in [0.25, 0.3) is 0 Å². The topological polar surface area (TPSA) is 75.6 Å². The first kappa shape index (κ1) is 18.5. The number of carbonyl (C=O) groups is 2. The smallest absolute Gasteiger partial charge is 0.335 e. The number of carbonyl (C=O) groups excluding carboxylic acids is 1. The Morgan fingerprint density at radius 2 is 1.56 bits per heavy atom. The Morgan fingerprint density at radius 3 is 2.08 bits per heavy atom. The van der Waals surface area contributed by atoms with E-state index in [2.05, 4.69) is 5.32 Å². The normalized spacial score (nSPS) is 11.0.